The molecule has 3 aromatic carbocycles. The number of hydrogen-bond donors (Lipinski definition) is 1. The Morgan fingerprint density at radius 1 is 1.08 bits per heavy atom. The van der Waals surface area contributed by atoms with E-state index in [9.17, 15) is 4.79 Å². The van der Waals surface area contributed by atoms with Crippen molar-refractivity contribution in [3.8, 4) is 11.3 Å². The molecule has 0 amide bonds. The number of aliphatic hydroxyl groups is 1. The normalized spacial score (nSPS) is 14.7. The van der Waals surface area contributed by atoms with Crippen molar-refractivity contribution in [3.63, 3.8) is 0 Å². The van der Waals surface area contributed by atoms with E-state index in [1.165, 1.54) is 56.6 Å². The van der Waals surface area contributed by atoms with Crippen molar-refractivity contribution in [2.45, 2.75) is 65.2 Å². The molecule has 2 aromatic heterocycles. The number of furan rings is 1. The number of fused-ring (bicyclic) bond motifs is 4. The molecule has 0 saturated heterocycles. The summed E-state index contributed by atoms with van der Waals surface area (Å²) < 4.78 is 15.0. The van der Waals surface area contributed by atoms with Crippen molar-refractivity contribution >= 4 is 38.5 Å². The topological polar surface area (TPSA) is 63.3 Å². The number of carbonyl (C=O) groups excluding carboxylic acids is 1. The number of aromatic nitrogens is 1. The zero-order valence-electron chi connectivity index (χ0n) is 23.8. The monoisotopic (exact) mass is 698 g/mol. The average Bonchev–Trinajstić information content (AvgIpc) is 3.55. The van der Waals surface area contributed by atoms with Gasteiger partial charge in [0.1, 0.15) is 5.58 Å². The number of hydrogen-bond acceptors (Lipinski definition) is 4. The number of pyridine rings is 1. The molecule has 0 aliphatic heterocycles. The van der Waals surface area contributed by atoms with E-state index in [2.05, 4.69) is 42.5 Å². The molecule has 5 aromatic rings. The predicted octanol–water partition coefficient (Wildman–Crippen LogP) is 9.42. The first-order valence-corrected chi connectivity index (χ1v) is 13.3. The van der Waals surface area contributed by atoms with Gasteiger partial charge in [0.15, 0.2) is 5.78 Å². The van der Waals surface area contributed by atoms with Gasteiger partial charge in [0.25, 0.3) is 0 Å². The molecule has 1 N–H and O–H groups in total. The van der Waals surface area contributed by atoms with Gasteiger partial charge in [-0.15, -0.1) is 17.7 Å². The van der Waals surface area contributed by atoms with E-state index in [1.54, 1.807) is 0 Å². The third kappa shape index (κ3) is 6.16. The molecular weight excluding hydrogens is 663 g/mol. The number of rotatable bonds is 4. The first kappa shape index (κ1) is 27.3. The Morgan fingerprint density at radius 3 is 2.49 bits per heavy atom. The first-order valence-electron chi connectivity index (χ1n) is 13.8. The number of aliphatic hydroxyl groups excluding tert-OH is 1. The second-order valence-corrected chi connectivity index (χ2v) is 10.4. The fraction of sp³-hybridized carbons (Fsp3) is 0.294. The molecule has 6 rings (SSSR count). The Hall–Kier alpha value is -3.27. The Bertz CT molecular complexity index is 1700. The summed E-state index contributed by atoms with van der Waals surface area (Å²) >= 11 is 0. The Kier molecular flexibility index (Phi) is 8.59. The van der Waals surface area contributed by atoms with Gasteiger partial charge < -0.3 is 14.5 Å². The molecule has 1 aliphatic rings. The van der Waals surface area contributed by atoms with Crippen LogP contribution in [0.2, 0.25) is 0 Å². The number of allylic oxidation sites excluding steroid dienone is 2. The third-order valence-corrected chi connectivity index (χ3v) is 7.21. The Morgan fingerprint density at radius 2 is 1.82 bits per heavy atom. The summed E-state index contributed by atoms with van der Waals surface area (Å²) in [6, 6.07) is 22.6. The smallest absolute Gasteiger partial charge is 0.155 e. The van der Waals surface area contributed by atoms with Crippen LogP contribution in [0.15, 0.2) is 77.0 Å². The molecule has 1 radical (unpaired) electrons. The first-order chi connectivity index (χ1) is 18.6. The maximum absolute atomic E-state index is 10.0. The minimum atomic E-state index is -0.776. The summed E-state index contributed by atoms with van der Waals surface area (Å²) in [4.78, 5) is 14.8. The van der Waals surface area contributed by atoms with Gasteiger partial charge in [0.2, 0.25) is 0 Å². The van der Waals surface area contributed by atoms with Gasteiger partial charge in [-0.2, -0.15) is 0 Å². The fourth-order valence-electron chi connectivity index (χ4n) is 5.41. The number of nitrogens with zero attached hydrogens (tertiary/aromatic N) is 1. The summed E-state index contributed by atoms with van der Waals surface area (Å²) in [5.74, 6) is -0.161. The molecule has 0 spiro atoms. The summed E-state index contributed by atoms with van der Waals surface area (Å²) in [5, 5.41) is 12.7. The van der Waals surface area contributed by atoms with Gasteiger partial charge in [-0.25, -0.2) is 0 Å². The van der Waals surface area contributed by atoms with Crippen molar-refractivity contribution in [1.29, 1.82) is 0 Å². The van der Waals surface area contributed by atoms with Crippen molar-refractivity contribution in [2.24, 2.45) is 0 Å². The van der Waals surface area contributed by atoms with Crippen LogP contribution in [-0.4, -0.2) is 15.9 Å². The van der Waals surface area contributed by atoms with Crippen molar-refractivity contribution < 1.29 is 35.8 Å². The van der Waals surface area contributed by atoms with Gasteiger partial charge in [0.05, 0.1) is 11.3 Å². The standard InChI is InChI=1S/C29H26NO.C5H8O2.Ir/c1-18(2)22-16-25-24-9-5-6-10-27(24)31-29(25)26(17-22)28-23-12-11-20(19-7-3-4-8-19)15-21(23)13-14-30-28;1-4(6)3-5(2)7;/h5-6,9-16,18-19H,3-4,7-8H2,1-2H3;3,6H,1-2H3;/q-1;;/b;4-3-;/i18D;;. The van der Waals surface area contributed by atoms with Crippen LogP contribution in [-0.2, 0) is 24.9 Å². The zero-order valence-corrected chi connectivity index (χ0v) is 25.2. The summed E-state index contributed by atoms with van der Waals surface area (Å²) in [6.45, 7) is 6.66. The van der Waals surface area contributed by atoms with Crippen LogP contribution in [0.5, 0.6) is 0 Å². The molecule has 1 fully saturated rings. The number of carbonyl (C=O) groups is 1. The van der Waals surface area contributed by atoms with Gasteiger partial charge >= 0.3 is 0 Å². The van der Waals surface area contributed by atoms with E-state index in [-0.39, 0.29) is 31.6 Å². The zero-order chi connectivity index (χ0) is 27.7. The molecule has 4 nitrogen and oxygen atoms in total. The molecule has 0 atom stereocenters. The second kappa shape index (κ2) is 12.3. The largest absolute Gasteiger partial charge is 0.512 e. The molecular formula is C34H34IrNO3-. The van der Waals surface area contributed by atoms with Gasteiger partial charge in [-0.3, -0.25) is 4.79 Å². The van der Waals surface area contributed by atoms with Crippen molar-refractivity contribution in [2.75, 3.05) is 0 Å². The molecule has 0 unspecified atom stereocenters. The molecule has 203 valence electrons. The number of ketones is 1. The van der Waals surface area contributed by atoms with Crippen LogP contribution in [0.1, 0.15) is 77.7 Å². The van der Waals surface area contributed by atoms with Crippen LogP contribution in [0.3, 0.4) is 0 Å². The van der Waals surface area contributed by atoms with Gasteiger partial charge in [-0.05, 0) is 72.7 Å². The van der Waals surface area contributed by atoms with Crippen molar-refractivity contribution in [3.05, 3.63) is 89.8 Å². The van der Waals surface area contributed by atoms with Crippen LogP contribution in [0, 0.1) is 6.07 Å². The summed E-state index contributed by atoms with van der Waals surface area (Å²) in [7, 11) is 0. The summed E-state index contributed by atoms with van der Waals surface area (Å²) in [6.07, 6.45) is 8.30. The number of benzene rings is 3. The average molecular weight is 698 g/mol. The van der Waals surface area contributed by atoms with E-state index in [1.807, 2.05) is 38.2 Å². The van der Waals surface area contributed by atoms with Crippen LogP contribution in [0.25, 0.3) is 44.0 Å². The van der Waals surface area contributed by atoms with Crippen molar-refractivity contribution in [1.82, 2.24) is 4.98 Å². The maximum atomic E-state index is 10.0. The van der Waals surface area contributed by atoms with E-state index in [0.717, 1.165) is 44.1 Å². The molecule has 1 aliphatic carbocycles. The fourth-order valence-corrected chi connectivity index (χ4v) is 5.41. The summed E-state index contributed by atoms with van der Waals surface area (Å²) in [5.41, 5.74) is 5.63. The van der Waals surface area contributed by atoms with E-state index >= 15 is 0 Å². The molecule has 2 heterocycles. The third-order valence-electron chi connectivity index (χ3n) is 7.21. The van der Waals surface area contributed by atoms with E-state index in [4.69, 9.17) is 15.9 Å². The SMILES string of the molecule is CC(=O)/C=C(/C)O.[2H]C(C)(C)c1[c-]c(-c2nccc3cc(C4CCCC4)ccc23)c2oc3ccccc3c2c1.[Ir]. The Labute approximate surface area is 244 Å². The molecule has 0 bridgehead atoms. The van der Waals surface area contributed by atoms with Gasteiger partial charge in [-0.1, -0.05) is 74.0 Å². The molecule has 1 saturated carbocycles. The van der Waals surface area contributed by atoms with Crippen LogP contribution in [0.4, 0.5) is 0 Å². The molecule has 5 heteroatoms. The maximum Gasteiger partial charge on any atom is 0.155 e. The van der Waals surface area contributed by atoms with E-state index < -0.39 is 5.89 Å². The van der Waals surface area contributed by atoms with Gasteiger partial charge in [0, 0.05) is 39.1 Å². The number of para-hydroxylation sites is 1. The minimum Gasteiger partial charge on any atom is -0.512 e. The second-order valence-electron chi connectivity index (χ2n) is 10.4. The quantitative estimate of drug-likeness (QED) is 0.116. The van der Waals surface area contributed by atoms with E-state index in [0.29, 0.717) is 5.92 Å². The Balaban J connectivity index is 0.000000413. The van der Waals surface area contributed by atoms with Crippen LogP contribution >= 0.6 is 0 Å². The molecule has 39 heavy (non-hydrogen) atoms. The van der Waals surface area contributed by atoms with Crippen LogP contribution < -0.4 is 0 Å². The minimum absolute atomic E-state index is 0. The predicted molar refractivity (Wildman–Crippen MR) is 156 cm³/mol.